The second-order valence-electron chi connectivity index (χ2n) is 8.98. The molecule has 0 spiro atoms. The Labute approximate surface area is 197 Å². The van der Waals surface area contributed by atoms with E-state index in [1.54, 1.807) is 0 Å². The molecule has 0 radical (unpaired) electrons. The van der Waals surface area contributed by atoms with Gasteiger partial charge in [-0.2, -0.15) is 0 Å². The number of rotatable bonds is 8. The Morgan fingerprint density at radius 2 is 1.39 bits per heavy atom. The molecule has 1 heterocycles. The van der Waals surface area contributed by atoms with Crippen molar-refractivity contribution >= 4 is 0 Å². The Balaban J connectivity index is 1.36. The quantitative estimate of drug-likeness (QED) is 0.417. The fraction of sp³-hybridized carbons (Fsp3) is 0.267. The van der Waals surface area contributed by atoms with Crippen molar-refractivity contribution in [1.29, 1.82) is 0 Å². The zero-order valence-corrected chi connectivity index (χ0v) is 19.1. The van der Waals surface area contributed by atoms with Crippen LogP contribution in [0.3, 0.4) is 0 Å². The highest BCUT2D eigenvalue weighted by molar-refractivity contribution is 5.32. The summed E-state index contributed by atoms with van der Waals surface area (Å²) in [6, 6.07) is 30.3. The minimum absolute atomic E-state index is 0.228. The molecule has 0 amide bonds. The summed E-state index contributed by atoms with van der Waals surface area (Å²) in [5.74, 6) is 1.41. The molecule has 1 aliphatic carbocycles. The van der Waals surface area contributed by atoms with Crippen molar-refractivity contribution in [3.63, 3.8) is 0 Å². The molecule has 1 saturated heterocycles. The fourth-order valence-electron chi connectivity index (χ4n) is 4.84. The lowest BCUT2D eigenvalue weighted by Gasteiger charge is -2.31. The van der Waals surface area contributed by atoms with E-state index in [1.165, 1.54) is 16.7 Å². The summed E-state index contributed by atoms with van der Waals surface area (Å²) >= 11 is 0. The van der Waals surface area contributed by atoms with Crippen LogP contribution >= 0.6 is 0 Å². The van der Waals surface area contributed by atoms with Gasteiger partial charge in [0.1, 0.15) is 5.75 Å². The first-order valence-corrected chi connectivity index (χ1v) is 12.0. The van der Waals surface area contributed by atoms with Gasteiger partial charge in [-0.05, 0) is 35.2 Å². The summed E-state index contributed by atoms with van der Waals surface area (Å²) in [6.07, 6.45) is 9.96. The van der Waals surface area contributed by atoms with Gasteiger partial charge in [0.25, 0.3) is 0 Å². The Hall–Kier alpha value is -3.14. The van der Waals surface area contributed by atoms with Crippen molar-refractivity contribution in [2.24, 2.45) is 5.92 Å². The van der Waals surface area contributed by atoms with Crippen LogP contribution in [0.2, 0.25) is 0 Å². The minimum atomic E-state index is 0.228. The normalized spacial score (nSPS) is 19.2. The van der Waals surface area contributed by atoms with E-state index in [1.807, 2.05) is 0 Å². The van der Waals surface area contributed by atoms with Gasteiger partial charge in [-0.1, -0.05) is 97.1 Å². The van der Waals surface area contributed by atoms with Gasteiger partial charge >= 0.3 is 0 Å². The third kappa shape index (κ3) is 5.62. The molecule has 0 N–H and O–H groups in total. The van der Waals surface area contributed by atoms with Crippen molar-refractivity contribution < 1.29 is 4.74 Å². The number of hydrogen-bond acceptors (Lipinski definition) is 3. The third-order valence-electron chi connectivity index (χ3n) is 6.51. The average molecular weight is 437 g/mol. The maximum absolute atomic E-state index is 6.23. The van der Waals surface area contributed by atoms with Gasteiger partial charge in [0.15, 0.2) is 0 Å². The molecule has 1 atom stereocenters. The van der Waals surface area contributed by atoms with E-state index in [0.717, 1.165) is 45.0 Å². The van der Waals surface area contributed by atoms with Crippen molar-refractivity contribution in [2.75, 3.05) is 19.7 Å². The summed E-state index contributed by atoms with van der Waals surface area (Å²) in [5, 5.41) is 0. The van der Waals surface area contributed by atoms with E-state index in [4.69, 9.17) is 4.74 Å². The van der Waals surface area contributed by atoms with Crippen molar-refractivity contribution in [3.05, 3.63) is 126 Å². The molecule has 5 rings (SSSR count). The number of benzene rings is 3. The van der Waals surface area contributed by atoms with Gasteiger partial charge in [-0.3, -0.25) is 9.80 Å². The number of allylic oxidation sites excluding steroid dienone is 3. The maximum atomic E-state index is 6.23. The first-order valence-electron chi connectivity index (χ1n) is 12.0. The lowest BCUT2D eigenvalue weighted by molar-refractivity contribution is 0.125. The summed E-state index contributed by atoms with van der Waals surface area (Å²) in [5.41, 5.74) is 4.01. The number of hydrogen-bond donors (Lipinski definition) is 0. The zero-order chi connectivity index (χ0) is 22.3. The summed E-state index contributed by atoms with van der Waals surface area (Å²) < 4.78 is 6.23. The molecule has 3 nitrogen and oxygen atoms in total. The van der Waals surface area contributed by atoms with Gasteiger partial charge in [0.05, 0.1) is 12.8 Å². The second-order valence-corrected chi connectivity index (χ2v) is 8.98. The van der Waals surface area contributed by atoms with Crippen LogP contribution in [0.4, 0.5) is 0 Å². The van der Waals surface area contributed by atoms with Crippen LogP contribution in [-0.2, 0) is 13.1 Å². The lowest BCUT2D eigenvalue weighted by Crippen LogP contribution is -2.30. The van der Waals surface area contributed by atoms with Crippen LogP contribution < -0.4 is 4.74 Å². The molecule has 3 heteroatoms. The van der Waals surface area contributed by atoms with Gasteiger partial charge in [0, 0.05) is 32.1 Å². The smallest absolute Gasteiger partial charge is 0.119 e. The number of ether oxygens (including phenoxy) is 1. The van der Waals surface area contributed by atoms with Crippen LogP contribution in [0.5, 0.6) is 5.75 Å². The second kappa shape index (κ2) is 10.7. The Bertz CT molecular complexity index is 1030. The molecule has 168 valence electrons. The number of nitrogens with zero attached hydrogens (tertiary/aromatic N) is 2. The predicted molar refractivity (Wildman–Crippen MR) is 135 cm³/mol. The standard InChI is InChI=1S/C30H32N2O/c1-4-11-25(12-5-1)22-31-19-20-32(23-26-13-6-2-7-14-26)30(31)28-17-10-18-29(21-28)33-24-27-15-8-3-9-16-27/h1-15,17-18,21,27,30H,16,19-20,22-24H2/t27-/m0/s1. The molecule has 0 saturated carbocycles. The molecule has 0 unspecified atom stereocenters. The van der Waals surface area contributed by atoms with Gasteiger partial charge in [0.2, 0.25) is 0 Å². The molecule has 33 heavy (non-hydrogen) atoms. The van der Waals surface area contributed by atoms with E-state index < -0.39 is 0 Å². The van der Waals surface area contributed by atoms with Gasteiger partial charge in [-0.15, -0.1) is 0 Å². The highest BCUT2D eigenvalue weighted by Gasteiger charge is 2.33. The van der Waals surface area contributed by atoms with Crippen LogP contribution in [0, 0.1) is 5.92 Å². The highest BCUT2D eigenvalue weighted by Crippen LogP contribution is 2.34. The van der Waals surface area contributed by atoms with Crippen LogP contribution in [0.25, 0.3) is 0 Å². The van der Waals surface area contributed by atoms with E-state index in [9.17, 15) is 0 Å². The predicted octanol–water partition coefficient (Wildman–Crippen LogP) is 6.21. The molecule has 0 bridgehead atoms. The lowest BCUT2D eigenvalue weighted by atomic mass is 10.0. The monoisotopic (exact) mass is 436 g/mol. The molecule has 2 aliphatic rings. The molecular weight excluding hydrogens is 404 g/mol. The van der Waals surface area contributed by atoms with Crippen molar-refractivity contribution in [2.45, 2.75) is 25.7 Å². The SMILES string of the molecule is C1=CC[C@@H](COc2cccc(C3N(Cc4ccccc4)CCN3Cc3ccccc3)c2)C=C1. The minimum Gasteiger partial charge on any atom is -0.493 e. The van der Waals surface area contributed by atoms with Crippen LogP contribution in [-0.4, -0.2) is 29.5 Å². The van der Waals surface area contributed by atoms with Crippen LogP contribution in [0.15, 0.2) is 109 Å². The van der Waals surface area contributed by atoms with E-state index >= 15 is 0 Å². The van der Waals surface area contributed by atoms with Gasteiger partial charge < -0.3 is 4.74 Å². The molecule has 1 aliphatic heterocycles. The summed E-state index contributed by atoms with van der Waals surface area (Å²) in [6.45, 7) is 4.71. The Morgan fingerprint density at radius 3 is 2.00 bits per heavy atom. The third-order valence-corrected chi connectivity index (χ3v) is 6.51. The molecular formula is C30H32N2O. The average Bonchev–Trinajstić information content (AvgIpc) is 3.26. The summed E-state index contributed by atoms with van der Waals surface area (Å²) in [4.78, 5) is 5.18. The van der Waals surface area contributed by atoms with Crippen molar-refractivity contribution in [1.82, 2.24) is 9.80 Å². The Kier molecular flexibility index (Phi) is 7.00. The molecule has 0 aromatic heterocycles. The topological polar surface area (TPSA) is 15.7 Å². The highest BCUT2D eigenvalue weighted by atomic mass is 16.5. The van der Waals surface area contributed by atoms with Gasteiger partial charge in [-0.25, -0.2) is 0 Å². The Morgan fingerprint density at radius 1 is 0.727 bits per heavy atom. The van der Waals surface area contributed by atoms with Crippen molar-refractivity contribution in [3.8, 4) is 5.75 Å². The molecule has 3 aromatic rings. The maximum Gasteiger partial charge on any atom is 0.119 e. The van der Waals surface area contributed by atoms with Crippen LogP contribution in [0.1, 0.15) is 29.3 Å². The zero-order valence-electron chi connectivity index (χ0n) is 19.1. The molecule has 1 fully saturated rings. The van der Waals surface area contributed by atoms with E-state index in [-0.39, 0.29) is 6.17 Å². The molecule has 3 aromatic carbocycles. The summed E-state index contributed by atoms with van der Waals surface area (Å²) in [7, 11) is 0. The van der Waals surface area contributed by atoms with E-state index in [0.29, 0.717) is 5.92 Å². The first kappa shape index (κ1) is 21.7. The fourth-order valence-corrected chi connectivity index (χ4v) is 4.84. The largest absolute Gasteiger partial charge is 0.493 e. The first-order chi connectivity index (χ1) is 16.3. The van der Waals surface area contributed by atoms with E-state index in [2.05, 4.69) is 119 Å².